The first kappa shape index (κ1) is 25.9. The van der Waals surface area contributed by atoms with Crippen molar-refractivity contribution < 1.29 is 23.8 Å². The third kappa shape index (κ3) is 6.53. The first-order valence-electron chi connectivity index (χ1n) is 12.0. The fourth-order valence-corrected chi connectivity index (χ4v) is 4.23. The molecule has 10 nitrogen and oxygen atoms in total. The molecule has 2 heterocycles. The van der Waals surface area contributed by atoms with Gasteiger partial charge < -0.3 is 24.8 Å². The molecule has 2 aromatic carbocycles. The van der Waals surface area contributed by atoms with Gasteiger partial charge in [0, 0.05) is 55.3 Å². The second-order valence-electron chi connectivity index (χ2n) is 8.64. The Morgan fingerprint density at radius 1 is 0.892 bits per heavy atom. The third-order valence-electron chi connectivity index (χ3n) is 6.31. The van der Waals surface area contributed by atoms with Crippen LogP contribution in [-0.2, 0) is 6.54 Å². The van der Waals surface area contributed by atoms with Crippen molar-refractivity contribution in [2.75, 3.05) is 39.7 Å². The molecule has 1 fully saturated rings. The number of carbonyl (C=O) groups is 2. The normalized spacial score (nSPS) is 14.0. The van der Waals surface area contributed by atoms with Crippen LogP contribution in [0.4, 0.5) is 5.82 Å². The number of methoxy groups -OCH3 is 3. The number of anilines is 1. The van der Waals surface area contributed by atoms with Crippen molar-refractivity contribution in [1.82, 2.24) is 20.2 Å². The van der Waals surface area contributed by atoms with Crippen molar-refractivity contribution in [3.8, 4) is 17.2 Å². The zero-order valence-corrected chi connectivity index (χ0v) is 21.2. The van der Waals surface area contributed by atoms with Gasteiger partial charge in [0.1, 0.15) is 17.2 Å². The summed E-state index contributed by atoms with van der Waals surface area (Å²) >= 11 is 0. The molecule has 0 radical (unpaired) electrons. The SMILES string of the molecule is COc1ccc(C(=O)Nc2nccnc2C(=O)NC2CCN(Cc3ccc(OC)cc3OC)CC2)cc1. The predicted octanol–water partition coefficient (Wildman–Crippen LogP) is 3.15. The molecule has 37 heavy (non-hydrogen) atoms. The molecule has 0 bridgehead atoms. The van der Waals surface area contributed by atoms with Gasteiger partial charge in [0.15, 0.2) is 11.5 Å². The monoisotopic (exact) mass is 505 g/mol. The molecule has 3 aromatic rings. The number of aromatic nitrogens is 2. The molecule has 0 unspecified atom stereocenters. The molecule has 1 aliphatic rings. The highest BCUT2D eigenvalue weighted by atomic mass is 16.5. The van der Waals surface area contributed by atoms with Crippen LogP contribution in [0, 0.1) is 0 Å². The second-order valence-corrected chi connectivity index (χ2v) is 8.64. The Balaban J connectivity index is 1.33. The van der Waals surface area contributed by atoms with E-state index in [2.05, 4.69) is 25.5 Å². The Bertz CT molecular complexity index is 1230. The third-order valence-corrected chi connectivity index (χ3v) is 6.31. The summed E-state index contributed by atoms with van der Waals surface area (Å²) < 4.78 is 15.9. The Morgan fingerprint density at radius 3 is 2.24 bits per heavy atom. The summed E-state index contributed by atoms with van der Waals surface area (Å²) in [6, 6.07) is 12.5. The number of ether oxygens (including phenoxy) is 3. The fourth-order valence-electron chi connectivity index (χ4n) is 4.23. The van der Waals surface area contributed by atoms with E-state index in [4.69, 9.17) is 14.2 Å². The number of nitrogens with one attached hydrogen (secondary N) is 2. The van der Waals surface area contributed by atoms with Gasteiger partial charge in [0.05, 0.1) is 21.3 Å². The van der Waals surface area contributed by atoms with Gasteiger partial charge in [-0.1, -0.05) is 6.07 Å². The topological polar surface area (TPSA) is 115 Å². The lowest BCUT2D eigenvalue weighted by molar-refractivity contribution is 0.0904. The van der Waals surface area contributed by atoms with Crippen LogP contribution in [0.2, 0.25) is 0 Å². The Hall–Kier alpha value is -4.18. The van der Waals surface area contributed by atoms with E-state index in [1.165, 1.54) is 12.4 Å². The largest absolute Gasteiger partial charge is 0.497 e. The zero-order chi connectivity index (χ0) is 26.2. The molecule has 1 aliphatic heterocycles. The van der Waals surface area contributed by atoms with Crippen molar-refractivity contribution >= 4 is 17.6 Å². The van der Waals surface area contributed by atoms with Gasteiger partial charge in [0.25, 0.3) is 11.8 Å². The maximum atomic E-state index is 13.0. The van der Waals surface area contributed by atoms with Crippen LogP contribution < -0.4 is 24.8 Å². The number of hydrogen-bond acceptors (Lipinski definition) is 8. The van der Waals surface area contributed by atoms with E-state index < -0.39 is 0 Å². The highest BCUT2D eigenvalue weighted by Crippen LogP contribution is 2.27. The Morgan fingerprint density at radius 2 is 1.57 bits per heavy atom. The molecular weight excluding hydrogens is 474 g/mol. The minimum Gasteiger partial charge on any atom is -0.497 e. The summed E-state index contributed by atoms with van der Waals surface area (Å²) in [5, 5.41) is 5.74. The van der Waals surface area contributed by atoms with Gasteiger partial charge in [-0.25, -0.2) is 9.97 Å². The molecule has 0 aliphatic carbocycles. The first-order valence-corrected chi connectivity index (χ1v) is 12.0. The van der Waals surface area contributed by atoms with Crippen LogP contribution in [0.5, 0.6) is 17.2 Å². The highest BCUT2D eigenvalue weighted by Gasteiger charge is 2.24. The van der Waals surface area contributed by atoms with Gasteiger partial charge in [-0.3, -0.25) is 14.5 Å². The van der Waals surface area contributed by atoms with Crippen LogP contribution in [0.15, 0.2) is 54.9 Å². The lowest BCUT2D eigenvalue weighted by Crippen LogP contribution is -2.44. The number of piperidine rings is 1. The lowest BCUT2D eigenvalue weighted by atomic mass is 10.0. The van der Waals surface area contributed by atoms with Crippen LogP contribution in [-0.4, -0.2) is 67.1 Å². The Kier molecular flexibility index (Phi) is 8.52. The van der Waals surface area contributed by atoms with Crippen molar-refractivity contribution in [3.63, 3.8) is 0 Å². The molecule has 10 heteroatoms. The van der Waals surface area contributed by atoms with E-state index >= 15 is 0 Å². The van der Waals surface area contributed by atoms with Gasteiger partial charge in [-0.15, -0.1) is 0 Å². The highest BCUT2D eigenvalue weighted by molar-refractivity contribution is 6.07. The number of rotatable bonds is 9. The molecule has 0 atom stereocenters. The van der Waals surface area contributed by atoms with Crippen molar-refractivity contribution in [3.05, 3.63) is 71.7 Å². The molecule has 0 saturated carbocycles. The number of hydrogen-bond donors (Lipinski definition) is 2. The van der Waals surface area contributed by atoms with E-state index in [-0.39, 0.29) is 29.4 Å². The van der Waals surface area contributed by atoms with E-state index in [0.717, 1.165) is 49.5 Å². The van der Waals surface area contributed by atoms with E-state index in [0.29, 0.717) is 11.3 Å². The summed E-state index contributed by atoms with van der Waals surface area (Å²) in [5.41, 5.74) is 1.58. The standard InChI is InChI=1S/C27H31N5O5/c1-35-21-7-4-18(5-8-21)26(33)31-25-24(28-12-13-29-25)27(34)30-20-10-14-32(15-11-20)17-19-6-9-22(36-2)16-23(19)37-3/h4-9,12-13,16,20H,10-11,14-15,17H2,1-3H3,(H,30,34)(H,29,31,33). The van der Waals surface area contributed by atoms with Crippen LogP contribution >= 0.6 is 0 Å². The number of nitrogens with zero attached hydrogens (tertiary/aromatic N) is 3. The minimum absolute atomic E-state index is 0.00587. The molecule has 2 N–H and O–H groups in total. The van der Waals surface area contributed by atoms with Crippen LogP contribution in [0.25, 0.3) is 0 Å². The lowest BCUT2D eigenvalue weighted by Gasteiger charge is -2.32. The number of carbonyl (C=O) groups excluding carboxylic acids is 2. The van der Waals surface area contributed by atoms with Crippen LogP contribution in [0.1, 0.15) is 39.3 Å². The quantitative estimate of drug-likeness (QED) is 0.456. The zero-order valence-electron chi connectivity index (χ0n) is 21.2. The molecule has 2 amide bonds. The maximum absolute atomic E-state index is 13.0. The summed E-state index contributed by atoms with van der Waals surface area (Å²) in [5.74, 6) is 1.55. The minimum atomic E-state index is -0.389. The maximum Gasteiger partial charge on any atom is 0.273 e. The van der Waals surface area contributed by atoms with Gasteiger partial charge >= 0.3 is 0 Å². The molecule has 1 saturated heterocycles. The Labute approximate surface area is 216 Å². The average Bonchev–Trinajstić information content (AvgIpc) is 2.94. The fraction of sp³-hybridized carbons (Fsp3) is 0.333. The number of benzene rings is 2. The van der Waals surface area contributed by atoms with Gasteiger partial charge in [-0.05, 0) is 43.2 Å². The summed E-state index contributed by atoms with van der Waals surface area (Å²) in [6.07, 6.45) is 4.45. The average molecular weight is 506 g/mol. The molecule has 4 rings (SSSR count). The molecule has 194 valence electrons. The molecule has 0 spiro atoms. The van der Waals surface area contributed by atoms with Gasteiger partial charge in [-0.2, -0.15) is 0 Å². The smallest absolute Gasteiger partial charge is 0.273 e. The van der Waals surface area contributed by atoms with Crippen molar-refractivity contribution in [1.29, 1.82) is 0 Å². The van der Waals surface area contributed by atoms with E-state index in [1.807, 2.05) is 18.2 Å². The summed E-state index contributed by atoms with van der Waals surface area (Å²) in [4.78, 5) is 36.4. The summed E-state index contributed by atoms with van der Waals surface area (Å²) in [7, 11) is 4.84. The van der Waals surface area contributed by atoms with E-state index in [1.54, 1.807) is 45.6 Å². The van der Waals surface area contributed by atoms with Crippen molar-refractivity contribution in [2.24, 2.45) is 0 Å². The number of amides is 2. The van der Waals surface area contributed by atoms with Crippen molar-refractivity contribution in [2.45, 2.75) is 25.4 Å². The summed E-state index contributed by atoms with van der Waals surface area (Å²) in [6.45, 7) is 2.39. The molecular formula is C27H31N5O5. The first-order chi connectivity index (χ1) is 18.0. The molecule has 1 aromatic heterocycles. The number of likely N-dealkylation sites (tertiary alicyclic amines) is 1. The van der Waals surface area contributed by atoms with Gasteiger partial charge in [0.2, 0.25) is 0 Å². The van der Waals surface area contributed by atoms with Crippen LogP contribution in [0.3, 0.4) is 0 Å². The predicted molar refractivity (Wildman–Crippen MR) is 138 cm³/mol. The van der Waals surface area contributed by atoms with E-state index in [9.17, 15) is 9.59 Å². The second kappa shape index (κ2) is 12.2.